The Hall–Kier alpha value is -3.12. The summed E-state index contributed by atoms with van der Waals surface area (Å²) in [6, 6.07) is 15.4. The Morgan fingerprint density at radius 2 is 2.00 bits per heavy atom. The Bertz CT molecular complexity index is 949. The van der Waals surface area contributed by atoms with Crippen LogP contribution in [0.4, 0.5) is 0 Å². The van der Waals surface area contributed by atoms with Crippen molar-refractivity contribution < 1.29 is 19.0 Å². The van der Waals surface area contributed by atoms with Crippen molar-refractivity contribution in [2.45, 2.75) is 6.61 Å². The molecule has 1 aliphatic heterocycles. The van der Waals surface area contributed by atoms with Gasteiger partial charge in [-0.2, -0.15) is 0 Å². The van der Waals surface area contributed by atoms with Crippen LogP contribution in [0.25, 0.3) is 16.6 Å². The highest BCUT2D eigenvalue weighted by Gasteiger charge is 2.12. The monoisotopic (exact) mass is 365 g/mol. The van der Waals surface area contributed by atoms with E-state index < -0.39 is 5.97 Å². The van der Waals surface area contributed by atoms with Gasteiger partial charge in [0.05, 0.1) is 5.69 Å². The lowest BCUT2D eigenvalue weighted by molar-refractivity contribution is -0.139. The van der Waals surface area contributed by atoms with Gasteiger partial charge in [-0.25, -0.2) is 9.78 Å². The van der Waals surface area contributed by atoms with Gasteiger partial charge in [0.15, 0.2) is 11.5 Å². The van der Waals surface area contributed by atoms with E-state index in [-0.39, 0.29) is 13.4 Å². The Labute approximate surface area is 154 Å². The minimum Gasteiger partial charge on any atom is -0.456 e. The van der Waals surface area contributed by atoms with Gasteiger partial charge in [0, 0.05) is 17.0 Å². The average Bonchev–Trinajstić information content (AvgIpc) is 3.34. The highest BCUT2D eigenvalue weighted by Crippen LogP contribution is 2.32. The van der Waals surface area contributed by atoms with Gasteiger partial charge in [-0.05, 0) is 23.8 Å². The van der Waals surface area contributed by atoms with Crippen molar-refractivity contribution in [2.24, 2.45) is 0 Å². The molecular weight excluding hydrogens is 350 g/mol. The number of esters is 1. The third-order valence-electron chi connectivity index (χ3n) is 3.74. The minimum absolute atomic E-state index is 0.146. The van der Waals surface area contributed by atoms with Gasteiger partial charge < -0.3 is 14.2 Å². The second-order valence-corrected chi connectivity index (χ2v) is 6.42. The van der Waals surface area contributed by atoms with Crippen LogP contribution in [-0.4, -0.2) is 17.7 Å². The smallest absolute Gasteiger partial charge is 0.331 e. The topological polar surface area (TPSA) is 57.7 Å². The number of aromatic nitrogens is 1. The van der Waals surface area contributed by atoms with Gasteiger partial charge in [0.25, 0.3) is 0 Å². The summed E-state index contributed by atoms with van der Waals surface area (Å²) < 4.78 is 15.8. The summed E-state index contributed by atoms with van der Waals surface area (Å²) in [4.78, 5) is 16.4. The number of thiazole rings is 1. The van der Waals surface area contributed by atoms with E-state index in [1.54, 1.807) is 6.08 Å². The first kappa shape index (κ1) is 16.4. The number of rotatable bonds is 5. The van der Waals surface area contributed by atoms with Crippen LogP contribution >= 0.6 is 11.3 Å². The fraction of sp³-hybridized carbons (Fsp3) is 0.100. The van der Waals surface area contributed by atoms with E-state index in [2.05, 4.69) is 4.98 Å². The SMILES string of the molecule is O=C(/C=C/c1ccc2c(c1)OCO2)OCc1csc(-c2ccccc2)n1. The zero-order valence-electron chi connectivity index (χ0n) is 13.8. The lowest BCUT2D eigenvalue weighted by atomic mass is 10.2. The molecule has 3 aromatic rings. The predicted molar refractivity (Wildman–Crippen MR) is 98.9 cm³/mol. The lowest BCUT2D eigenvalue weighted by Gasteiger charge is -2.00. The fourth-order valence-corrected chi connectivity index (χ4v) is 3.27. The number of hydrogen-bond acceptors (Lipinski definition) is 6. The van der Waals surface area contributed by atoms with Crippen LogP contribution < -0.4 is 9.47 Å². The van der Waals surface area contributed by atoms with Gasteiger partial charge >= 0.3 is 5.97 Å². The summed E-state index contributed by atoms with van der Waals surface area (Å²) in [6.45, 7) is 0.372. The number of carbonyl (C=O) groups excluding carboxylic acids is 1. The molecule has 2 aromatic carbocycles. The number of nitrogens with zero attached hydrogens (tertiary/aromatic N) is 1. The summed E-state index contributed by atoms with van der Waals surface area (Å²) in [6.07, 6.45) is 3.07. The molecule has 1 aromatic heterocycles. The predicted octanol–water partition coefficient (Wildman–Crippen LogP) is 4.30. The van der Waals surface area contributed by atoms with E-state index in [4.69, 9.17) is 14.2 Å². The Morgan fingerprint density at radius 1 is 1.15 bits per heavy atom. The first-order valence-electron chi connectivity index (χ1n) is 8.02. The molecule has 0 radical (unpaired) electrons. The minimum atomic E-state index is -0.420. The van der Waals surface area contributed by atoms with E-state index >= 15 is 0 Å². The summed E-state index contributed by atoms with van der Waals surface area (Å²) >= 11 is 1.53. The summed E-state index contributed by atoms with van der Waals surface area (Å²) in [7, 11) is 0. The van der Waals surface area contributed by atoms with Crippen molar-refractivity contribution in [1.29, 1.82) is 0 Å². The molecule has 0 spiro atoms. The molecule has 0 saturated heterocycles. The molecule has 0 bridgehead atoms. The molecule has 0 unspecified atom stereocenters. The first-order chi connectivity index (χ1) is 12.8. The third-order valence-corrected chi connectivity index (χ3v) is 4.68. The van der Waals surface area contributed by atoms with Crippen molar-refractivity contribution in [3.8, 4) is 22.1 Å². The average molecular weight is 365 g/mol. The molecule has 0 amide bonds. The van der Waals surface area contributed by atoms with E-state index in [9.17, 15) is 4.79 Å². The Morgan fingerprint density at radius 3 is 2.88 bits per heavy atom. The van der Waals surface area contributed by atoms with Crippen molar-refractivity contribution >= 4 is 23.4 Å². The molecule has 5 nitrogen and oxygen atoms in total. The summed E-state index contributed by atoms with van der Waals surface area (Å²) in [5, 5.41) is 2.81. The van der Waals surface area contributed by atoms with Crippen LogP contribution in [-0.2, 0) is 16.1 Å². The van der Waals surface area contributed by atoms with Gasteiger partial charge in [0.2, 0.25) is 6.79 Å². The van der Waals surface area contributed by atoms with Gasteiger partial charge in [-0.1, -0.05) is 36.4 Å². The molecule has 0 fully saturated rings. The van der Waals surface area contributed by atoms with Crippen molar-refractivity contribution in [1.82, 2.24) is 4.98 Å². The number of ether oxygens (including phenoxy) is 3. The maximum absolute atomic E-state index is 11.9. The normalized spacial score (nSPS) is 12.5. The molecule has 2 heterocycles. The van der Waals surface area contributed by atoms with Crippen LogP contribution in [0.15, 0.2) is 60.0 Å². The Balaban J connectivity index is 1.33. The molecule has 130 valence electrons. The van der Waals surface area contributed by atoms with Crippen LogP contribution in [0, 0.1) is 0 Å². The summed E-state index contributed by atoms with van der Waals surface area (Å²) in [5.74, 6) is 0.968. The highest BCUT2D eigenvalue weighted by atomic mass is 32.1. The zero-order valence-corrected chi connectivity index (χ0v) is 14.6. The Kier molecular flexibility index (Phi) is 4.66. The molecule has 0 atom stereocenters. The molecule has 0 saturated carbocycles. The first-order valence-corrected chi connectivity index (χ1v) is 8.90. The maximum Gasteiger partial charge on any atom is 0.331 e. The third kappa shape index (κ3) is 3.75. The van der Waals surface area contributed by atoms with Crippen molar-refractivity contribution in [3.63, 3.8) is 0 Å². The van der Waals surface area contributed by atoms with Crippen LogP contribution in [0.1, 0.15) is 11.3 Å². The fourth-order valence-electron chi connectivity index (χ4n) is 2.46. The molecule has 1 aliphatic rings. The van der Waals surface area contributed by atoms with E-state index in [1.165, 1.54) is 17.4 Å². The molecular formula is C20H15NO4S. The molecule has 4 rings (SSSR count). The van der Waals surface area contributed by atoms with Crippen LogP contribution in [0.2, 0.25) is 0 Å². The number of fused-ring (bicyclic) bond motifs is 1. The number of benzene rings is 2. The largest absolute Gasteiger partial charge is 0.456 e. The van der Waals surface area contributed by atoms with Crippen LogP contribution in [0.3, 0.4) is 0 Å². The van der Waals surface area contributed by atoms with Crippen molar-refractivity contribution in [3.05, 3.63) is 71.2 Å². The molecule has 0 aliphatic carbocycles. The van der Waals surface area contributed by atoms with Crippen molar-refractivity contribution in [2.75, 3.05) is 6.79 Å². The van der Waals surface area contributed by atoms with Gasteiger partial charge in [0.1, 0.15) is 11.6 Å². The van der Waals surface area contributed by atoms with E-state index in [0.29, 0.717) is 11.5 Å². The van der Waals surface area contributed by atoms with E-state index in [0.717, 1.165) is 21.8 Å². The van der Waals surface area contributed by atoms with Gasteiger partial charge in [-0.3, -0.25) is 0 Å². The second-order valence-electron chi connectivity index (χ2n) is 5.56. The maximum atomic E-state index is 11.9. The molecule has 26 heavy (non-hydrogen) atoms. The van der Waals surface area contributed by atoms with Crippen LogP contribution in [0.5, 0.6) is 11.5 Å². The second kappa shape index (κ2) is 7.41. The zero-order chi connectivity index (χ0) is 17.8. The summed E-state index contributed by atoms with van der Waals surface area (Å²) in [5.41, 5.74) is 2.63. The quantitative estimate of drug-likeness (QED) is 0.498. The molecule has 0 N–H and O–H groups in total. The van der Waals surface area contributed by atoms with E-state index in [1.807, 2.05) is 53.9 Å². The lowest BCUT2D eigenvalue weighted by Crippen LogP contribution is -2.00. The standard InChI is InChI=1S/C20H15NO4S/c22-19(9-7-14-6-8-17-18(10-14)25-13-24-17)23-11-16-12-26-20(21-16)15-4-2-1-3-5-15/h1-10,12H,11,13H2/b9-7+. The number of carbonyl (C=O) groups is 1. The molecule has 6 heteroatoms. The van der Waals surface area contributed by atoms with Gasteiger partial charge in [-0.15, -0.1) is 11.3 Å². The number of hydrogen-bond donors (Lipinski definition) is 0. The highest BCUT2D eigenvalue weighted by molar-refractivity contribution is 7.13.